The number of nitrogens with one attached hydrogen (secondary N) is 1. The molecular formula is C27H31N5O4S2. The zero-order valence-corrected chi connectivity index (χ0v) is 23.1. The molecule has 11 heteroatoms. The molecule has 0 amide bonds. The standard InChI is InChI=1S/C27H31N5O4S2/c1-17(2)36-25-9-6-18(14-19(25)15-28)26-29-30-27(37-26)23-5-3-4-22-21(23)7-8-24(22)31-38(34,35)13-12-32-11-10-20(33)16-32/h3-6,9,14,17,20,24,31,33H,7-8,10-13,16H2,1-2H3/t20-,24+/m1/s1. The Balaban J connectivity index is 1.32. The second-order valence-electron chi connectivity index (χ2n) is 10.0. The quantitative estimate of drug-likeness (QED) is 0.412. The first kappa shape index (κ1) is 26.7. The lowest BCUT2D eigenvalue weighted by Gasteiger charge is -2.18. The molecule has 1 fully saturated rings. The third-order valence-corrected chi connectivity index (χ3v) is 9.25. The third kappa shape index (κ3) is 5.90. The number of hydrogen-bond donors (Lipinski definition) is 2. The Morgan fingerprint density at radius 3 is 2.79 bits per heavy atom. The van der Waals surface area contributed by atoms with Crippen molar-refractivity contribution in [3.05, 3.63) is 53.1 Å². The normalized spacial score (nSPS) is 19.6. The van der Waals surface area contributed by atoms with E-state index in [4.69, 9.17) is 4.74 Å². The highest BCUT2D eigenvalue weighted by molar-refractivity contribution is 7.89. The summed E-state index contributed by atoms with van der Waals surface area (Å²) in [5, 5.41) is 29.5. The second-order valence-corrected chi connectivity index (χ2v) is 12.9. The van der Waals surface area contributed by atoms with Crippen molar-refractivity contribution < 1.29 is 18.3 Å². The minimum atomic E-state index is -3.48. The van der Waals surface area contributed by atoms with Crippen LogP contribution in [0.3, 0.4) is 0 Å². The van der Waals surface area contributed by atoms with Gasteiger partial charge in [-0.1, -0.05) is 29.5 Å². The van der Waals surface area contributed by atoms with Crippen molar-refractivity contribution >= 4 is 21.4 Å². The smallest absolute Gasteiger partial charge is 0.213 e. The van der Waals surface area contributed by atoms with E-state index in [2.05, 4.69) is 21.0 Å². The van der Waals surface area contributed by atoms with Gasteiger partial charge in [-0.2, -0.15) is 5.26 Å². The highest BCUT2D eigenvalue weighted by Gasteiger charge is 2.30. The average Bonchev–Trinajstić information content (AvgIpc) is 3.63. The maximum atomic E-state index is 12.8. The van der Waals surface area contributed by atoms with Gasteiger partial charge in [-0.05, 0) is 62.4 Å². The first-order valence-corrected chi connectivity index (χ1v) is 15.3. The lowest BCUT2D eigenvalue weighted by atomic mass is 10.0. The molecule has 0 bridgehead atoms. The van der Waals surface area contributed by atoms with Crippen molar-refractivity contribution in [2.75, 3.05) is 25.4 Å². The number of nitrogens with zero attached hydrogens (tertiary/aromatic N) is 4. The fraction of sp³-hybridized carbons (Fsp3) is 0.444. The maximum absolute atomic E-state index is 12.8. The number of benzene rings is 2. The number of hydrogen-bond acceptors (Lipinski definition) is 9. The summed E-state index contributed by atoms with van der Waals surface area (Å²) in [5.41, 5.74) is 4.26. The van der Waals surface area contributed by atoms with E-state index < -0.39 is 10.0 Å². The van der Waals surface area contributed by atoms with Crippen LogP contribution in [-0.2, 0) is 16.4 Å². The Morgan fingerprint density at radius 2 is 2.05 bits per heavy atom. The largest absolute Gasteiger partial charge is 0.490 e. The van der Waals surface area contributed by atoms with Gasteiger partial charge in [0.15, 0.2) is 0 Å². The molecule has 2 aliphatic rings. The molecule has 0 radical (unpaired) electrons. The SMILES string of the molecule is CC(C)Oc1ccc(-c2nnc(-c3cccc4c3CC[C@@H]4NS(=O)(=O)CCN3CC[C@@H](O)C3)s2)cc1C#N. The van der Waals surface area contributed by atoms with Crippen molar-refractivity contribution in [3.8, 4) is 33.0 Å². The molecule has 2 atom stereocenters. The molecule has 9 nitrogen and oxygen atoms in total. The summed E-state index contributed by atoms with van der Waals surface area (Å²) in [7, 11) is -3.48. The monoisotopic (exact) mass is 553 g/mol. The molecule has 1 aliphatic carbocycles. The van der Waals surface area contributed by atoms with Gasteiger partial charge in [0.25, 0.3) is 0 Å². The molecule has 38 heavy (non-hydrogen) atoms. The number of likely N-dealkylation sites (tertiary alicyclic amines) is 1. The van der Waals surface area contributed by atoms with E-state index in [0.29, 0.717) is 42.3 Å². The summed E-state index contributed by atoms with van der Waals surface area (Å²) < 4.78 is 34.3. The van der Waals surface area contributed by atoms with Gasteiger partial charge in [0.1, 0.15) is 21.8 Å². The topological polar surface area (TPSA) is 128 Å². The van der Waals surface area contributed by atoms with E-state index in [1.807, 2.05) is 43.0 Å². The van der Waals surface area contributed by atoms with Crippen molar-refractivity contribution in [2.45, 2.75) is 51.4 Å². The molecule has 3 aromatic rings. The highest BCUT2D eigenvalue weighted by atomic mass is 32.2. The molecule has 2 heterocycles. The van der Waals surface area contributed by atoms with Crippen molar-refractivity contribution in [2.24, 2.45) is 0 Å². The molecule has 0 saturated carbocycles. The van der Waals surface area contributed by atoms with Gasteiger partial charge in [0.2, 0.25) is 10.0 Å². The summed E-state index contributed by atoms with van der Waals surface area (Å²) in [6, 6.07) is 13.3. The zero-order chi connectivity index (χ0) is 26.9. The predicted octanol–water partition coefficient (Wildman–Crippen LogP) is 3.50. The number of aromatic nitrogens is 2. The van der Waals surface area contributed by atoms with Crippen LogP contribution in [0.5, 0.6) is 5.75 Å². The van der Waals surface area contributed by atoms with Crippen LogP contribution in [0.1, 0.15) is 49.4 Å². The van der Waals surface area contributed by atoms with E-state index in [1.54, 1.807) is 12.1 Å². The summed E-state index contributed by atoms with van der Waals surface area (Å²) in [6.45, 7) is 5.51. The van der Waals surface area contributed by atoms with Crippen LogP contribution in [0, 0.1) is 11.3 Å². The van der Waals surface area contributed by atoms with Crippen molar-refractivity contribution in [1.82, 2.24) is 19.8 Å². The third-order valence-electron chi connectivity index (χ3n) is 6.88. The maximum Gasteiger partial charge on any atom is 0.213 e. The fourth-order valence-corrected chi connectivity index (χ4v) is 7.26. The van der Waals surface area contributed by atoms with Crippen molar-refractivity contribution in [1.29, 1.82) is 5.26 Å². The zero-order valence-electron chi connectivity index (χ0n) is 21.4. The highest BCUT2D eigenvalue weighted by Crippen LogP contribution is 2.40. The average molecular weight is 554 g/mol. The van der Waals surface area contributed by atoms with Gasteiger partial charge in [0.05, 0.1) is 23.5 Å². The van der Waals surface area contributed by atoms with E-state index in [9.17, 15) is 18.8 Å². The molecule has 1 aromatic heterocycles. The number of ether oxygens (including phenoxy) is 1. The van der Waals surface area contributed by atoms with Crippen LogP contribution in [0.2, 0.25) is 0 Å². The minimum absolute atomic E-state index is 0.0106. The van der Waals surface area contributed by atoms with Gasteiger partial charge < -0.3 is 9.84 Å². The van der Waals surface area contributed by atoms with E-state index in [0.717, 1.165) is 40.2 Å². The van der Waals surface area contributed by atoms with Gasteiger partial charge >= 0.3 is 0 Å². The lowest BCUT2D eigenvalue weighted by Crippen LogP contribution is -2.35. The Labute approximate surface area is 227 Å². The summed E-state index contributed by atoms with van der Waals surface area (Å²) in [5.74, 6) is 0.555. The van der Waals surface area contributed by atoms with Crippen LogP contribution in [0.4, 0.5) is 0 Å². The van der Waals surface area contributed by atoms with E-state index >= 15 is 0 Å². The fourth-order valence-electron chi connectivity index (χ4n) is 5.07. The second kappa shape index (κ2) is 11.1. The number of aliphatic hydroxyl groups excluding tert-OH is 1. The number of rotatable bonds is 9. The molecule has 2 N–H and O–H groups in total. The molecule has 1 aliphatic heterocycles. The number of nitriles is 1. The number of aliphatic hydroxyl groups is 1. The van der Waals surface area contributed by atoms with Crippen LogP contribution < -0.4 is 9.46 Å². The number of β-amino-alcohol motifs (C(OH)–C–C–N with tert-alkyl or cyclic N) is 1. The molecule has 0 spiro atoms. The van der Waals surface area contributed by atoms with Crippen LogP contribution >= 0.6 is 11.3 Å². The van der Waals surface area contributed by atoms with Gasteiger partial charge in [0, 0.05) is 36.8 Å². The molecule has 200 valence electrons. The summed E-state index contributed by atoms with van der Waals surface area (Å²) in [4.78, 5) is 1.99. The molecule has 0 unspecified atom stereocenters. The molecular weight excluding hydrogens is 522 g/mol. The lowest BCUT2D eigenvalue weighted by molar-refractivity contribution is 0.178. The first-order valence-electron chi connectivity index (χ1n) is 12.8. The summed E-state index contributed by atoms with van der Waals surface area (Å²) >= 11 is 1.44. The Bertz CT molecular complexity index is 1460. The van der Waals surface area contributed by atoms with E-state index in [1.165, 1.54) is 11.3 Å². The Morgan fingerprint density at radius 1 is 1.24 bits per heavy atom. The van der Waals surface area contributed by atoms with Gasteiger partial charge in [-0.3, -0.25) is 4.90 Å². The number of fused-ring (bicyclic) bond motifs is 1. The van der Waals surface area contributed by atoms with Crippen LogP contribution in [0.25, 0.3) is 21.1 Å². The van der Waals surface area contributed by atoms with E-state index in [-0.39, 0.29) is 24.0 Å². The number of sulfonamides is 1. The predicted molar refractivity (Wildman–Crippen MR) is 146 cm³/mol. The first-order chi connectivity index (χ1) is 18.2. The van der Waals surface area contributed by atoms with Crippen LogP contribution in [0.15, 0.2) is 36.4 Å². The van der Waals surface area contributed by atoms with Crippen LogP contribution in [-0.4, -0.2) is 66.2 Å². The Hall–Kier alpha value is -2.88. The van der Waals surface area contributed by atoms with Gasteiger partial charge in [-0.25, -0.2) is 13.1 Å². The molecule has 1 saturated heterocycles. The Kier molecular flexibility index (Phi) is 7.79. The molecule has 5 rings (SSSR count). The molecule has 2 aromatic carbocycles. The van der Waals surface area contributed by atoms with Gasteiger partial charge in [-0.15, -0.1) is 10.2 Å². The van der Waals surface area contributed by atoms with Crippen molar-refractivity contribution in [3.63, 3.8) is 0 Å². The minimum Gasteiger partial charge on any atom is -0.490 e. The summed E-state index contributed by atoms with van der Waals surface area (Å²) in [6.07, 6.45) is 1.72.